The highest BCUT2D eigenvalue weighted by Gasteiger charge is 2.39. The van der Waals surface area contributed by atoms with Crippen LogP contribution in [0.2, 0.25) is 0 Å². The molecule has 2 aromatic carbocycles. The van der Waals surface area contributed by atoms with Crippen molar-refractivity contribution >= 4 is 5.97 Å². The highest BCUT2D eigenvalue weighted by molar-refractivity contribution is 5.70. The molecule has 0 aromatic heterocycles. The number of esters is 1. The van der Waals surface area contributed by atoms with Gasteiger partial charge in [-0.1, -0.05) is 39.0 Å². The van der Waals surface area contributed by atoms with E-state index in [0.717, 1.165) is 17.5 Å². The van der Waals surface area contributed by atoms with Gasteiger partial charge in [0.1, 0.15) is 5.82 Å². The van der Waals surface area contributed by atoms with Crippen LogP contribution in [0, 0.1) is 23.1 Å². The van der Waals surface area contributed by atoms with E-state index in [4.69, 9.17) is 18.9 Å². The molecule has 0 aliphatic carbocycles. The van der Waals surface area contributed by atoms with Crippen LogP contribution in [-0.2, 0) is 20.7 Å². The van der Waals surface area contributed by atoms with Crippen molar-refractivity contribution in [2.24, 2.45) is 17.3 Å². The summed E-state index contributed by atoms with van der Waals surface area (Å²) < 4.78 is 36.0. The Balaban J connectivity index is 1.78. The highest BCUT2D eigenvalue weighted by atomic mass is 19.1. The minimum atomic E-state index is -0.290. The highest BCUT2D eigenvalue weighted by Crippen LogP contribution is 2.41. The lowest BCUT2D eigenvalue weighted by Crippen LogP contribution is -2.25. The van der Waals surface area contributed by atoms with E-state index in [9.17, 15) is 9.18 Å². The quantitative estimate of drug-likeness (QED) is 0.513. The lowest BCUT2D eigenvalue weighted by Gasteiger charge is -2.24. The summed E-state index contributed by atoms with van der Waals surface area (Å²) >= 11 is 0. The Kier molecular flexibility index (Phi) is 7.77. The second-order valence-corrected chi connectivity index (χ2v) is 9.54. The van der Waals surface area contributed by atoms with Crippen LogP contribution in [0.25, 0.3) is 0 Å². The van der Waals surface area contributed by atoms with Crippen LogP contribution in [0.3, 0.4) is 0 Å². The number of carbonyl (C=O) groups is 1. The van der Waals surface area contributed by atoms with Gasteiger partial charge in [0.15, 0.2) is 11.5 Å². The van der Waals surface area contributed by atoms with Crippen molar-refractivity contribution in [2.45, 2.75) is 39.7 Å². The fourth-order valence-corrected chi connectivity index (χ4v) is 4.13. The molecule has 0 radical (unpaired) electrons. The molecule has 32 heavy (non-hydrogen) atoms. The number of hydrogen-bond acceptors (Lipinski definition) is 5. The number of benzene rings is 2. The Morgan fingerprint density at radius 1 is 1.06 bits per heavy atom. The van der Waals surface area contributed by atoms with Crippen molar-refractivity contribution in [3.63, 3.8) is 0 Å². The molecule has 0 amide bonds. The molecular weight excluding hydrogens is 411 g/mol. The maximum atomic E-state index is 13.4. The van der Waals surface area contributed by atoms with E-state index in [1.807, 2.05) is 39.0 Å². The Labute approximate surface area is 189 Å². The SMILES string of the molecule is COc1ccc(C[C@H]2CO[C@H](c3ccc(F)cc3)[C@H]2COC(=O)CC(C)(C)C)cc1OC. The molecule has 5 nitrogen and oxygen atoms in total. The molecule has 1 aliphatic heterocycles. The number of halogens is 1. The molecular formula is C26H33FO5. The molecule has 0 unspecified atom stereocenters. The van der Waals surface area contributed by atoms with Gasteiger partial charge in [0.25, 0.3) is 0 Å². The number of rotatable bonds is 8. The zero-order chi connectivity index (χ0) is 23.3. The number of methoxy groups -OCH3 is 2. The van der Waals surface area contributed by atoms with Crippen LogP contribution in [0.4, 0.5) is 4.39 Å². The molecule has 174 valence electrons. The number of carbonyl (C=O) groups excluding carboxylic acids is 1. The summed E-state index contributed by atoms with van der Waals surface area (Å²) in [5, 5.41) is 0. The van der Waals surface area contributed by atoms with E-state index in [2.05, 4.69) is 0 Å². The van der Waals surface area contributed by atoms with E-state index in [1.165, 1.54) is 12.1 Å². The molecule has 0 bridgehead atoms. The first-order valence-electron chi connectivity index (χ1n) is 10.9. The first-order chi connectivity index (χ1) is 15.2. The van der Waals surface area contributed by atoms with Gasteiger partial charge in [-0.2, -0.15) is 0 Å². The van der Waals surface area contributed by atoms with Gasteiger partial charge in [-0.05, 0) is 53.1 Å². The maximum absolute atomic E-state index is 13.4. The summed E-state index contributed by atoms with van der Waals surface area (Å²) in [5.74, 6) is 0.930. The molecule has 6 heteroatoms. The molecule has 2 aromatic rings. The summed E-state index contributed by atoms with van der Waals surface area (Å²) in [5.41, 5.74) is 1.83. The largest absolute Gasteiger partial charge is 0.493 e. The lowest BCUT2D eigenvalue weighted by molar-refractivity contribution is -0.148. The topological polar surface area (TPSA) is 54.0 Å². The zero-order valence-corrected chi connectivity index (χ0v) is 19.5. The summed E-state index contributed by atoms with van der Waals surface area (Å²) in [6.45, 7) is 6.81. The van der Waals surface area contributed by atoms with Crippen LogP contribution in [0.15, 0.2) is 42.5 Å². The molecule has 1 fully saturated rings. The third kappa shape index (κ3) is 6.22. The molecule has 0 spiro atoms. The predicted octanol–water partition coefficient (Wildman–Crippen LogP) is 5.37. The number of ether oxygens (including phenoxy) is 4. The van der Waals surface area contributed by atoms with Gasteiger partial charge >= 0.3 is 5.97 Å². The van der Waals surface area contributed by atoms with Crippen LogP contribution in [-0.4, -0.2) is 33.4 Å². The molecule has 3 atom stereocenters. The smallest absolute Gasteiger partial charge is 0.306 e. The van der Waals surface area contributed by atoms with Gasteiger partial charge in [0.05, 0.1) is 40.0 Å². The van der Waals surface area contributed by atoms with Gasteiger partial charge < -0.3 is 18.9 Å². The Morgan fingerprint density at radius 3 is 2.38 bits per heavy atom. The van der Waals surface area contributed by atoms with Crippen LogP contribution >= 0.6 is 0 Å². The van der Waals surface area contributed by atoms with E-state index in [-0.39, 0.29) is 41.7 Å². The summed E-state index contributed by atoms with van der Waals surface area (Å²) in [4.78, 5) is 12.4. The molecule has 1 heterocycles. The fourth-order valence-electron chi connectivity index (χ4n) is 4.13. The Morgan fingerprint density at radius 2 is 1.75 bits per heavy atom. The molecule has 1 aliphatic rings. The van der Waals surface area contributed by atoms with Crippen molar-refractivity contribution < 1.29 is 28.1 Å². The maximum Gasteiger partial charge on any atom is 0.306 e. The average molecular weight is 445 g/mol. The number of hydrogen-bond donors (Lipinski definition) is 0. The lowest BCUT2D eigenvalue weighted by atomic mass is 9.84. The Bertz CT molecular complexity index is 903. The van der Waals surface area contributed by atoms with E-state index >= 15 is 0 Å². The third-order valence-electron chi connectivity index (χ3n) is 5.74. The summed E-state index contributed by atoms with van der Waals surface area (Å²) in [7, 11) is 3.22. The van der Waals surface area contributed by atoms with E-state index in [1.54, 1.807) is 26.4 Å². The molecule has 0 N–H and O–H groups in total. The molecule has 1 saturated heterocycles. The van der Waals surface area contributed by atoms with Crippen molar-refractivity contribution in [1.29, 1.82) is 0 Å². The van der Waals surface area contributed by atoms with E-state index < -0.39 is 0 Å². The van der Waals surface area contributed by atoms with Crippen LogP contribution < -0.4 is 9.47 Å². The molecule has 3 rings (SSSR count). The van der Waals surface area contributed by atoms with E-state index in [0.29, 0.717) is 24.5 Å². The van der Waals surface area contributed by atoms with Crippen molar-refractivity contribution in [1.82, 2.24) is 0 Å². The summed E-state index contributed by atoms with van der Waals surface area (Å²) in [6.07, 6.45) is 0.824. The second-order valence-electron chi connectivity index (χ2n) is 9.54. The fraction of sp³-hybridized carbons (Fsp3) is 0.500. The van der Waals surface area contributed by atoms with Crippen molar-refractivity contribution in [3.05, 3.63) is 59.4 Å². The van der Waals surface area contributed by atoms with Gasteiger partial charge in [-0.25, -0.2) is 4.39 Å². The van der Waals surface area contributed by atoms with Gasteiger partial charge in [0.2, 0.25) is 0 Å². The van der Waals surface area contributed by atoms with Crippen LogP contribution in [0.5, 0.6) is 11.5 Å². The zero-order valence-electron chi connectivity index (χ0n) is 19.5. The van der Waals surface area contributed by atoms with Crippen molar-refractivity contribution in [2.75, 3.05) is 27.4 Å². The van der Waals surface area contributed by atoms with Crippen molar-refractivity contribution in [3.8, 4) is 11.5 Å². The van der Waals surface area contributed by atoms with Crippen LogP contribution in [0.1, 0.15) is 44.4 Å². The molecule has 0 saturated carbocycles. The standard InChI is InChI=1S/C26H33FO5/c1-26(2,3)14-24(28)31-16-21-19(12-17-6-11-22(29-4)23(13-17)30-5)15-32-25(21)18-7-9-20(27)10-8-18/h6-11,13,19,21,25H,12,14-16H2,1-5H3/t19-,21-,25+/m0/s1. The normalized spacial score (nSPS) is 20.8. The second kappa shape index (κ2) is 10.3. The third-order valence-corrected chi connectivity index (χ3v) is 5.74. The van der Waals surface area contributed by atoms with Gasteiger partial charge in [0, 0.05) is 5.92 Å². The van der Waals surface area contributed by atoms with Gasteiger partial charge in [-0.3, -0.25) is 4.79 Å². The monoisotopic (exact) mass is 444 g/mol. The summed E-state index contributed by atoms with van der Waals surface area (Å²) in [6, 6.07) is 12.2. The van der Waals surface area contributed by atoms with Gasteiger partial charge in [-0.15, -0.1) is 0 Å². The first kappa shape index (κ1) is 24.1. The predicted molar refractivity (Wildman–Crippen MR) is 120 cm³/mol. The Hall–Kier alpha value is -2.60. The first-order valence-corrected chi connectivity index (χ1v) is 10.9. The minimum Gasteiger partial charge on any atom is -0.493 e. The minimum absolute atomic E-state index is 0.0440. The average Bonchev–Trinajstić information content (AvgIpc) is 3.13.